The predicted molar refractivity (Wildman–Crippen MR) is 119 cm³/mol. The van der Waals surface area contributed by atoms with Crippen LogP contribution >= 0.6 is 0 Å². The van der Waals surface area contributed by atoms with E-state index in [1.807, 2.05) is 73.7 Å². The lowest BCUT2D eigenvalue weighted by Gasteiger charge is -2.38. The van der Waals surface area contributed by atoms with Crippen molar-refractivity contribution in [3.63, 3.8) is 0 Å². The minimum atomic E-state index is -1.08. The van der Waals surface area contributed by atoms with Crippen molar-refractivity contribution < 1.29 is 14.3 Å². The molecule has 4 heteroatoms. The first-order chi connectivity index (χ1) is 15.1. The molecule has 4 aromatic rings. The highest BCUT2D eigenvalue weighted by atomic mass is 16.6. The van der Waals surface area contributed by atoms with Gasteiger partial charge in [-0.25, -0.2) is 4.79 Å². The van der Waals surface area contributed by atoms with Crippen LogP contribution in [0.5, 0.6) is 11.5 Å². The third-order valence-corrected chi connectivity index (χ3v) is 6.17. The summed E-state index contributed by atoms with van der Waals surface area (Å²) in [6, 6.07) is 27.3. The molecule has 0 bridgehead atoms. The van der Waals surface area contributed by atoms with E-state index in [9.17, 15) is 4.79 Å². The van der Waals surface area contributed by atoms with Gasteiger partial charge in [0.1, 0.15) is 11.5 Å². The molecular weight excluding hydrogens is 386 g/mol. The van der Waals surface area contributed by atoms with Gasteiger partial charge >= 0.3 is 5.97 Å². The van der Waals surface area contributed by atoms with Gasteiger partial charge in [0.15, 0.2) is 5.60 Å². The summed E-state index contributed by atoms with van der Waals surface area (Å²) >= 11 is 0. The molecule has 0 radical (unpaired) electrons. The van der Waals surface area contributed by atoms with Gasteiger partial charge in [-0.3, -0.25) is 0 Å². The molecule has 0 aliphatic carbocycles. The van der Waals surface area contributed by atoms with Crippen molar-refractivity contribution in [3.05, 3.63) is 113 Å². The molecule has 0 fully saturated rings. The zero-order chi connectivity index (χ0) is 21.2. The molecule has 0 saturated carbocycles. The van der Waals surface area contributed by atoms with E-state index >= 15 is 0 Å². The number of aryl methyl sites for hydroxylation is 1. The van der Waals surface area contributed by atoms with Gasteiger partial charge in [0, 0.05) is 28.4 Å². The highest BCUT2D eigenvalue weighted by Crippen LogP contribution is 2.59. The third-order valence-electron chi connectivity index (χ3n) is 6.17. The van der Waals surface area contributed by atoms with Gasteiger partial charge in [0.25, 0.3) is 0 Å². The van der Waals surface area contributed by atoms with Gasteiger partial charge in [-0.05, 0) is 36.2 Å². The minimum absolute atomic E-state index is 0.337. The lowest BCUT2D eigenvalue weighted by Crippen LogP contribution is -2.34. The summed E-state index contributed by atoms with van der Waals surface area (Å²) in [5.41, 5.74) is 11.6. The maximum absolute atomic E-state index is 13.0. The first-order valence-corrected chi connectivity index (χ1v) is 10.2. The van der Waals surface area contributed by atoms with Crippen LogP contribution in [0.1, 0.15) is 32.6 Å². The summed E-state index contributed by atoms with van der Waals surface area (Å²) in [7, 11) is 0. The molecule has 2 N–H and O–H groups in total. The second kappa shape index (κ2) is 6.22. The number of anilines is 1. The summed E-state index contributed by atoms with van der Waals surface area (Å²) in [5, 5.41) is 0. The molecule has 150 valence electrons. The summed E-state index contributed by atoms with van der Waals surface area (Å²) in [4.78, 5) is 13.0. The molecule has 2 aliphatic rings. The van der Waals surface area contributed by atoms with E-state index in [2.05, 4.69) is 12.1 Å². The zero-order valence-electron chi connectivity index (χ0n) is 16.9. The van der Waals surface area contributed by atoms with Crippen LogP contribution in [0.3, 0.4) is 0 Å². The van der Waals surface area contributed by atoms with E-state index in [1.165, 1.54) is 0 Å². The van der Waals surface area contributed by atoms with Crippen LogP contribution in [0.15, 0.2) is 84.9 Å². The number of esters is 1. The monoisotopic (exact) mass is 405 g/mol. The smallest absolute Gasteiger partial charge is 0.340 e. The number of carbonyl (C=O) groups excluding carboxylic acids is 1. The zero-order valence-corrected chi connectivity index (χ0v) is 16.9. The number of nitrogen functional groups attached to an aromatic ring is 1. The fraction of sp³-hybridized carbons (Fsp3) is 0.0741. The first kappa shape index (κ1) is 17.8. The second-order valence-corrected chi connectivity index (χ2v) is 7.97. The molecule has 4 nitrogen and oxygen atoms in total. The Morgan fingerprint density at radius 1 is 0.806 bits per heavy atom. The van der Waals surface area contributed by atoms with E-state index in [1.54, 1.807) is 6.07 Å². The van der Waals surface area contributed by atoms with Gasteiger partial charge in [-0.2, -0.15) is 0 Å². The third kappa shape index (κ3) is 2.33. The van der Waals surface area contributed by atoms with Crippen LogP contribution in [0.2, 0.25) is 0 Å². The molecule has 2 heterocycles. The van der Waals surface area contributed by atoms with Crippen LogP contribution in [0.4, 0.5) is 5.69 Å². The molecule has 4 aromatic carbocycles. The molecule has 2 aliphatic heterocycles. The van der Waals surface area contributed by atoms with Crippen molar-refractivity contribution in [2.75, 3.05) is 5.73 Å². The van der Waals surface area contributed by atoms with Gasteiger partial charge in [-0.1, -0.05) is 60.7 Å². The van der Waals surface area contributed by atoms with E-state index in [4.69, 9.17) is 15.2 Å². The van der Waals surface area contributed by atoms with E-state index in [0.29, 0.717) is 22.7 Å². The Morgan fingerprint density at radius 2 is 1.58 bits per heavy atom. The molecule has 1 unspecified atom stereocenters. The van der Waals surface area contributed by atoms with Crippen LogP contribution in [0.25, 0.3) is 11.1 Å². The van der Waals surface area contributed by atoms with Gasteiger partial charge < -0.3 is 15.2 Å². The van der Waals surface area contributed by atoms with Crippen molar-refractivity contribution in [1.82, 2.24) is 0 Å². The quantitative estimate of drug-likeness (QED) is 0.321. The predicted octanol–water partition coefficient (Wildman–Crippen LogP) is 5.81. The Labute approximate surface area is 179 Å². The minimum Gasteiger partial charge on any atom is -0.456 e. The Morgan fingerprint density at radius 3 is 2.42 bits per heavy atom. The second-order valence-electron chi connectivity index (χ2n) is 7.97. The van der Waals surface area contributed by atoms with Crippen molar-refractivity contribution in [2.45, 2.75) is 12.5 Å². The number of hydrogen-bond donors (Lipinski definition) is 1. The van der Waals surface area contributed by atoms with Gasteiger partial charge in [-0.15, -0.1) is 0 Å². The van der Waals surface area contributed by atoms with Gasteiger partial charge in [0.05, 0.1) is 11.1 Å². The Bertz CT molecular complexity index is 1380. The molecule has 0 saturated heterocycles. The number of carbonyl (C=O) groups is 1. The average molecular weight is 405 g/mol. The number of nitrogens with two attached hydrogens (primary N) is 1. The first-order valence-electron chi connectivity index (χ1n) is 10.2. The van der Waals surface area contributed by atoms with Crippen LogP contribution < -0.4 is 10.5 Å². The van der Waals surface area contributed by atoms with E-state index < -0.39 is 5.60 Å². The van der Waals surface area contributed by atoms with Crippen LogP contribution in [-0.2, 0) is 10.3 Å². The fourth-order valence-electron chi connectivity index (χ4n) is 4.83. The van der Waals surface area contributed by atoms with Crippen molar-refractivity contribution in [1.29, 1.82) is 0 Å². The molecule has 31 heavy (non-hydrogen) atoms. The van der Waals surface area contributed by atoms with E-state index in [-0.39, 0.29) is 5.97 Å². The van der Waals surface area contributed by atoms with Crippen molar-refractivity contribution in [3.8, 4) is 22.6 Å². The lowest BCUT2D eigenvalue weighted by molar-refractivity contribution is 0.0223. The number of hydrogen-bond acceptors (Lipinski definition) is 4. The highest BCUT2D eigenvalue weighted by molar-refractivity contribution is 5.97. The maximum atomic E-state index is 13.0. The molecule has 0 amide bonds. The topological polar surface area (TPSA) is 61.5 Å². The average Bonchev–Trinajstić information content (AvgIpc) is 3.07. The summed E-state index contributed by atoms with van der Waals surface area (Å²) in [6.45, 7) is 2.02. The maximum Gasteiger partial charge on any atom is 0.340 e. The Hall–Kier alpha value is -4.05. The Kier molecular flexibility index (Phi) is 3.57. The molecule has 1 spiro atoms. The van der Waals surface area contributed by atoms with Gasteiger partial charge in [0.2, 0.25) is 0 Å². The fourth-order valence-corrected chi connectivity index (χ4v) is 4.83. The highest BCUT2D eigenvalue weighted by Gasteiger charge is 2.54. The van der Waals surface area contributed by atoms with Crippen molar-refractivity contribution in [2.24, 2.45) is 0 Å². The van der Waals surface area contributed by atoms with Crippen molar-refractivity contribution >= 4 is 11.7 Å². The number of rotatable bonds is 1. The normalized spacial score (nSPS) is 18.0. The molecule has 1 atom stereocenters. The lowest BCUT2D eigenvalue weighted by atomic mass is 9.75. The molecule has 6 rings (SSSR count). The SMILES string of the molecule is Cc1ccc(-c2ccccc2)c2c1C1(OC(=O)c3ccccc31)c1ccc(N)cc1O2. The number of ether oxygens (including phenoxy) is 2. The van der Waals surface area contributed by atoms with Crippen LogP contribution in [-0.4, -0.2) is 5.97 Å². The molecular formula is C27H19NO3. The van der Waals surface area contributed by atoms with E-state index in [0.717, 1.165) is 33.4 Å². The summed E-state index contributed by atoms with van der Waals surface area (Å²) in [5.74, 6) is 0.948. The Balaban J connectivity index is 1.76. The summed E-state index contributed by atoms with van der Waals surface area (Å²) in [6.07, 6.45) is 0. The summed E-state index contributed by atoms with van der Waals surface area (Å²) < 4.78 is 12.8. The largest absolute Gasteiger partial charge is 0.456 e. The number of fused-ring (bicyclic) bond motifs is 6. The van der Waals surface area contributed by atoms with Crippen LogP contribution in [0, 0.1) is 6.92 Å². The standard InChI is InChI=1S/C27H19NO3/c1-16-11-13-19(17-7-3-2-4-8-17)25-24(16)27(22-14-12-18(28)15-23(22)30-25)21-10-6-5-9-20(21)26(29)31-27/h2-15H,28H2,1H3. The number of benzene rings is 4. The molecule has 0 aromatic heterocycles.